The highest BCUT2D eigenvalue weighted by Gasteiger charge is 2.09. The molecule has 0 aliphatic rings. The van der Waals surface area contributed by atoms with Crippen LogP contribution in [0.1, 0.15) is 41.7 Å². The van der Waals surface area contributed by atoms with Crippen molar-refractivity contribution in [1.82, 2.24) is 10.3 Å². The van der Waals surface area contributed by atoms with Gasteiger partial charge in [0.2, 0.25) is 5.91 Å². The molecular weight excluding hydrogens is 368 g/mol. The second-order valence-corrected chi connectivity index (χ2v) is 6.61. The predicted octanol–water partition coefficient (Wildman–Crippen LogP) is 2.67. The average Bonchev–Trinajstić information content (AvgIpc) is 3.12. The summed E-state index contributed by atoms with van der Waals surface area (Å²) in [5.41, 5.74) is 6.18. The fourth-order valence-corrected chi connectivity index (χ4v) is 2.89. The maximum Gasteiger partial charge on any atom is 0.407 e. The summed E-state index contributed by atoms with van der Waals surface area (Å²) in [6.07, 6.45) is 2.10. The average molecular weight is 390 g/mol. The van der Waals surface area contributed by atoms with Crippen LogP contribution in [0.4, 0.5) is 9.93 Å². The van der Waals surface area contributed by atoms with Crippen molar-refractivity contribution in [2.75, 3.05) is 11.9 Å². The fraction of sp³-hybridized carbons (Fsp3) is 0.333. The molecule has 27 heavy (non-hydrogen) atoms. The number of alkyl carbamates (subject to hydrolysis) is 1. The lowest BCUT2D eigenvalue weighted by Gasteiger charge is -2.07. The van der Waals surface area contributed by atoms with Gasteiger partial charge in [0.1, 0.15) is 12.3 Å². The highest BCUT2D eigenvalue weighted by molar-refractivity contribution is 7.14. The van der Waals surface area contributed by atoms with E-state index in [0.717, 1.165) is 29.7 Å². The van der Waals surface area contributed by atoms with Crippen LogP contribution >= 0.6 is 11.3 Å². The highest BCUT2D eigenvalue weighted by atomic mass is 32.1. The number of hydrogen-bond acceptors (Lipinski definition) is 6. The Balaban J connectivity index is 1.50. The van der Waals surface area contributed by atoms with E-state index < -0.39 is 12.0 Å². The van der Waals surface area contributed by atoms with Crippen LogP contribution in [0.3, 0.4) is 0 Å². The van der Waals surface area contributed by atoms with Crippen LogP contribution in [0.2, 0.25) is 0 Å². The Morgan fingerprint density at radius 3 is 2.59 bits per heavy atom. The number of nitrogens with two attached hydrogens (primary N) is 1. The SMILES string of the molecule is NC(=O)c1csc(NC(=O)CCCCCNC(=O)OCc2ccccc2)n1. The van der Waals surface area contributed by atoms with Gasteiger partial charge in [-0.2, -0.15) is 0 Å². The van der Waals surface area contributed by atoms with E-state index in [4.69, 9.17) is 10.5 Å². The molecule has 0 unspecified atom stereocenters. The molecule has 0 saturated carbocycles. The lowest BCUT2D eigenvalue weighted by Crippen LogP contribution is -2.25. The third-order valence-electron chi connectivity index (χ3n) is 3.57. The van der Waals surface area contributed by atoms with Gasteiger partial charge < -0.3 is 21.1 Å². The van der Waals surface area contributed by atoms with Crippen molar-refractivity contribution >= 4 is 34.4 Å². The highest BCUT2D eigenvalue weighted by Crippen LogP contribution is 2.15. The number of anilines is 1. The van der Waals surface area contributed by atoms with Gasteiger partial charge in [0, 0.05) is 18.3 Å². The van der Waals surface area contributed by atoms with E-state index in [-0.39, 0.29) is 18.2 Å². The lowest BCUT2D eigenvalue weighted by molar-refractivity contribution is -0.116. The molecule has 0 saturated heterocycles. The number of amides is 3. The van der Waals surface area contributed by atoms with Crippen molar-refractivity contribution in [3.8, 4) is 0 Å². The molecule has 0 fully saturated rings. The molecule has 3 amide bonds. The number of nitrogens with zero attached hydrogens (tertiary/aromatic N) is 1. The van der Waals surface area contributed by atoms with E-state index >= 15 is 0 Å². The molecule has 2 rings (SSSR count). The number of primary amides is 1. The molecule has 0 aliphatic heterocycles. The first-order valence-electron chi connectivity index (χ1n) is 8.54. The third kappa shape index (κ3) is 7.87. The van der Waals surface area contributed by atoms with Crippen LogP contribution < -0.4 is 16.4 Å². The second-order valence-electron chi connectivity index (χ2n) is 5.75. The Morgan fingerprint density at radius 1 is 1.11 bits per heavy atom. The summed E-state index contributed by atoms with van der Waals surface area (Å²) in [5.74, 6) is -0.794. The summed E-state index contributed by atoms with van der Waals surface area (Å²) >= 11 is 1.15. The number of carbonyl (C=O) groups is 3. The van der Waals surface area contributed by atoms with E-state index in [2.05, 4.69) is 15.6 Å². The number of rotatable bonds is 10. The first-order valence-corrected chi connectivity index (χ1v) is 9.42. The van der Waals surface area contributed by atoms with Gasteiger partial charge in [-0.15, -0.1) is 11.3 Å². The Morgan fingerprint density at radius 2 is 1.89 bits per heavy atom. The molecule has 0 bridgehead atoms. The van der Waals surface area contributed by atoms with E-state index in [1.54, 1.807) is 0 Å². The van der Waals surface area contributed by atoms with Gasteiger partial charge in [-0.25, -0.2) is 9.78 Å². The molecule has 0 radical (unpaired) electrons. The van der Waals surface area contributed by atoms with E-state index in [1.165, 1.54) is 5.38 Å². The molecular formula is C18H22N4O4S. The van der Waals surface area contributed by atoms with Crippen LogP contribution in [0.25, 0.3) is 0 Å². The van der Waals surface area contributed by atoms with E-state index in [1.807, 2.05) is 30.3 Å². The van der Waals surface area contributed by atoms with Crippen LogP contribution in [0, 0.1) is 0 Å². The molecule has 4 N–H and O–H groups in total. The van der Waals surface area contributed by atoms with Crippen molar-refractivity contribution in [2.45, 2.75) is 32.3 Å². The number of ether oxygens (including phenoxy) is 1. The Hall–Kier alpha value is -2.94. The topological polar surface area (TPSA) is 123 Å². The van der Waals surface area contributed by atoms with Gasteiger partial charge >= 0.3 is 6.09 Å². The summed E-state index contributed by atoms with van der Waals surface area (Å²) in [7, 11) is 0. The van der Waals surface area contributed by atoms with E-state index in [9.17, 15) is 14.4 Å². The molecule has 0 atom stereocenters. The molecule has 8 nitrogen and oxygen atoms in total. The van der Waals surface area contributed by atoms with Crippen LogP contribution in [-0.2, 0) is 16.1 Å². The molecule has 1 heterocycles. The van der Waals surface area contributed by atoms with Crippen LogP contribution in [0.5, 0.6) is 0 Å². The zero-order valence-electron chi connectivity index (χ0n) is 14.8. The summed E-state index contributed by atoms with van der Waals surface area (Å²) in [6.45, 7) is 0.727. The first kappa shape index (κ1) is 20.4. The van der Waals surface area contributed by atoms with Crippen molar-refractivity contribution in [3.05, 3.63) is 47.0 Å². The molecule has 2 aromatic rings. The van der Waals surface area contributed by atoms with Crippen LogP contribution in [-0.4, -0.2) is 29.4 Å². The molecule has 1 aromatic carbocycles. The smallest absolute Gasteiger partial charge is 0.407 e. The quantitative estimate of drug-likeness (QED) is 0.538. The van der Waals surface area contributed by atoms with Gasteiger partial charge in [-0.05, 0) is 18.4 Å². The van der Waals surface area contributed by atoms with Gasteiger partial charge in [0.15, 0.2) is 5.13 Å². The minimum atomic E-state index is -0.624. The number of hydrogen-bond donors (Lipinski definition) is 3. The summed E-state index contributed by atoms with van der Waals surface area (Å²) in [5, 5.41) is 7.17. The minimum Gasteiger partial charge on any atom is -0.445 e. The van der Waals surface area contributed by atoms with Crippen molar-refractivity contribution in [3.63, 3.8) is 0 Å². The normalized spacial score (nSPS) is 10.2. The van der Waals surface area contributed by atoms with Gasteiger partial charge in [0.25, 0.3) is 5.91 Å². The molecule has 0 aliphatic carbocycles. The molecule has 9 heteroatoms. The molecule has 144 valence electrons. The van der Waals surface area contributed by atoms with Crippen molar-refractivity contribution < 1.29 is 19.1 Å². The third-order valence-corrected chi connectivity index (χ3v) is 4.32. The molecule has 0 spiro atoms. The standard InChI is InChI=1S/C18H22N4O4S/c19-16(24)14-12-27-17(21-14)22-15(23)9-5-2-6-10-20-18(25)26-11-13-7-3-1-4-8-13/h1,3-4,7-8,12H,2,5-6,9-11H2,(H2,19,24)(H,20,25)(H,21,22,23). The maximum absolute atomic E-state index is 11.8. The van der Waals surface area contributed by atoms with E-state index in [0.29, 0.717) is 24.5 Å². The number of nitrogens with one attached hydrogen (secondary N) is 2. The second kappa shape index (κ2) is 10.9. The summed E-state index contributed by atoms with van der Waals surface area (Å²) in [4.78, 5) is 38.2. The largest absolute Gasteiger partial charge is 0.445 e. The minimum absolute atomic E-state index is 0.139. The molecule has 1 aromatic heterocycles. The Kier molecular flexibility index (Phi) is 8.24. The first-order chi connectivity index (χ1) is 13.0. The summed E-state index contributed by atoms with van der Waals surface area (Å²) < 4.78 is 5.11. The van der Waals surface area contributed by atoms with Crippen molar-refractivity contribution in [2.24, 2.45) is 5.73 Å². The maximum atomic E-state index is 11.8. The number of aromatic nitrogens is 1. The Bertz CT molecular complexity index is 764. The summed E-state index contributed by atoms with van der Waals surface area (Å²) in [6, 6.07) is 9.45. The van der Waals surface area contributed by atoms with Crippen molar-refractivity contribution in [1.29, 1.82) is 0 Å². The number of benzene rings is 1. The number of unbranched alkanes of at least 4 members (excludes halogenated alkanes) is 2. The number of thiazole rings is 1. The predicted molar refractivity (Wildman–Crippen MR) is 102 cm³/mol. The Labute approximate surface area is 161 Å². The fourth-order valence-electron chi connectivity index (χ4n) is 2.18. The van der Waals surface area contributed by atoms with Gasteiger partial charge in [-0.1, -0.05) is 36.8 Å². The number of carbonyl (C=O) groups excluding carboxylic acids is 3. The lowest BCUT2D eigenvalue weighted by atomic mass is 10.2. The van der Waals surface area contributed by atoms with Crippen LogP contribution in [0.15, 0.2) is 35.7 Å². The zero-order chi connectivity index (χ0) is 19.5. The zero-order valence-corrected chi connectivity index (χ0v) is 15.6. The van der Waals surface area contributed by atoms with Gasteiger partial charge in [-0.3, -0.25) is 9.59 Å². The van der Waals surface area contributed by atoms with Gasteiger partial charge in [0.05, 0.1) is 0 Å². The monoisotopic (exact) mass is 390 g/mol.